The second-order valence-corrected chi connectivity index (χ2v) is 6.76. The minimum absolute atomic E-state index is 0.373. The predicted octanol–water partition coefficient (Wildman–Crippen LogP) is 3.70. The Hall–Kier alpha value is -2.51. The Bertz CT molecular complexity index is 866. The summed E-state index contributed by atoms with van der Waals surface area (Å²) >= 11 is 0. The maximum atomic E-state index is 5.95. The molecule has 3 aromatic rings. The number of benzene rings is 1. The Morgan fingerprint density at radius 2 is 1.93 bits per heavy atom. The van der Waals surface area contributed by atoms with Crippen LogP contribution in [-0.4, -0.2) is 46.1 Å². The fourth-order valence-corrected chi connectivity index (χ4v) is 3.50. The topological polar surface area (TPSA) is 77.4 Å². The summed E-state index contributed by atoms with van der Waals surface area (Å²) in [5.41, 5.74) is 2.44. The fraction of sp³-hybridized carbons (Fsp3) is 0.450. The van der Waals surface area contributed by atoms with Crippen molar-refractivity contribution in [3.05, 3.63) is 42.0 Å². The zero-order chi connectivity index (χ0) is 18.6. The van der Waals surface area contributed by atoms with Gasteiger partial charge in [-0.05, 0) is 26.7 Å². The van der Waals surface area contributed by atoms with Crippen molar-refractivity contribution in [2.75, 3.05) is 19.7 Å². The highest BCUT2D eigenvalue weighted by Gasteiger charge is 2.24. The van der Waals surface area contributed by atoms with Crippen molar-refractivity contribution in [3.63, 3.8) is 0 Å². The molecule has 0 atom stereocenters. The van der Waals surface area contributed by atoms with E-state index < -0.39 is 0 Å². The van der Waals surface area contributed by atoms with E-state index in [-0.39, 0.29) is 0 Å². The smallest absolute Gasteiger partial charge is 0.253 e. The predicted molar refractivity (Wildman–Crippen MR) is 99.9 cm³/mol. The van der Waals surface area contributed by atoms with E-state index in [1.807, 2.05) is 44.2 Å². The lowest BCUT2D eigenvalue weighted by atomic mass is 10.1. The lowest BCUT2D eigenvalue weighted by molar-refractivity contribution is 0.0109. The molecular formula is C20H24N4O3. The van der Waals surface area contributed by atoms with Crippen molar-refractivity contribution in [3.8, 4) is 22.7 Å². The Morgan fingerprint density at radius 3 is 2.67 bits per heavy atom. The van der Waals surface area contributed by atoms with Crippen molar-refractivity contribution < 1.29 is 13.7 Å². The zero-order valence-corrected chi connectivity index (χ0v) is 15.7. The van der Waals surface area contributed by atoms with Gasteiger partial charge in [-0.25, -0.2) is 0 Å². The standard InChI is InChI=1S/C20H24N4O3/c1-3-25-16-9-11-24(12-10-16)13-17-21-22-20(26-17)18-14(2)27-23-19(18)15-7-5-4-6-8-15/h4-8,16H,3,9-13H2,1-2H3. The van der Waals surface area contributed by atoms with E-state index in [0.717, 1.165) is 49.4 Å². The van der Waals surface area contributed by atoms with Crippen LogP contribution in [0.25, 0.3) is 22.7 Å². The molecule has 27 heavy (non-hydrogen) atoms. The monoisotopic (exact) mass is 368 g/mol. The number of likely N-dealkylation sites (tertiary alicyclic amines) is 1. The molecule has 0 radical (unpaired) electrons. The quantitative estimate of drug-likeness (QED) is 0.656. The number of piperidine rings is 1. The first kappa shape index (κ1) is 17.9. The van der Waals surface area contributed by atoms with Crippen LogP contribution in [0.3, 0.4) is 0 Å². The third-order valence-electron chi connectivity index (χ3n) is 4.89. The normalized spacial score (nSPS) is 16.1. The number of hydrogen-bond acceptors (Lipinski definition) is 7. The summed E-state index contributed by atoms with van der Waals surface area (Å²) in [5.74, 6) is 1.73. The van der Waals surface area contributed by atoms with E-state index in [2.05, 4.69) is 20.3 Å². The SMILES string of the molecule is CCOC1CCN(Cc2nnc(-c3c(-c4ccccc4)noc3C)o2)CC1. The largest absolute Gasteiger partial charge is 0.419 e. The highest BCUT2D eigenvalue weighted by Crippen LogP contribution is 2.33. The third-order valence-corrected chi connectivity index (χ3v) is 4.89. The molecule has 1 saturated heterocycles. The van der Waals surface area contributed by atoms with Gasteiger partial charge < -0.3 is 13.7 Å². The van der Waals surface area contributed by atoms with Crippen LogP contribution in [0.5, 0.6) is 0 Å². The number of hydrogen-bond donors (Lipinski definition) is 0. The summed E-state index contributed by atoms with van der Waals surface area (Å²) in [6.07, 6.45) is 2.45. The minimum atomic E-state index is 0.373. The average molecular weight is 368 g/mol. The van der Waals surface area contributed by atoms with Crippen molar-refractivity contribution in [1.29, 1.82) is 0 Å². The van der Waals surface area contributed by atoms with Gasteiger partial charge in [0.25, 0.3) is 5.89 Å². The summed E-state index contributed by atoms with van der Waals surface area (Å²) < 4.78 is 17.1. The molecule has 7 nitrogen and oxygen atoms in total. The Balaban J connectivity index is 1.49. The van der Waals surface area contributed by atoms with E-state index in [9.17, 15) is 0 Å². The average Bonchev–Trinajstić information content (AvgIpc) is 3.30. The molecule has 0 amide bonds. The number of rotatable bonds is 6. The Labute approximate surface area is 158 Å². The van der Waals surface area contributed by atoms with Gasteiger partial charge in [0, 0.05) is 25.3 Å². The summed E-state index contributed by atoms with van der Waals surface area (Å²) in [6, 6.07) is 9.87. The first-order chi connectivity index (χ1) is 13.2. The summed E-state index contributed by atoms with van der Waals surface area (Å²) in [6.45, 7) is 7.28. The lowest BCUT2D eigenvalue weighted by Crippen LogP contribution is -2.36. The first-order valence-electron chi connectivity index (χ1n) is 9.43. The second-order valence-electron chi connectivity index (χ2n) is 6.76. The number of ether oxygens (including phenoxy) is 1. The van der Waals surface area contributed by atoms with E-state index in [4.69, 9.17) is 13.7 Å². The Morgan fingerprint density at radius 1 is 1.15 bits per heavy atom. The molecule has 3 heterocycles. The summed E-state index contributed by atoms with van der Waals surface area (Å²) in [7, 11) is 0. The molecule has 142 valence electrons. The molecule has 0 saturated carbocycles. The highest BCUT2D eigenvalue weighted by molar-refractivity contribution is 5.77. The fourth-order valence-electron chi connectivity index (χ4n) is 3.50. The lowest BCUT2D eigenvalue weighted by Gasteiger charge is -2.30. The maximum Gasteiger partial charge on any atom is 0.253 e. The minimum Gasteiger partial charge on any atom is -0.419 e. The number of aryl methyl sites for hydroxylation is 1. The molecule has 0 N–H and O–H groups in total. The van der Waals surface area contributed by atoms with Crippen LogP contribution in [0, 0.1) is 6.92 Å². The van der Waals surface area contributed by atoms with Gasteiger partial charge in [-0.3, -0.25) is 4.90 Å². The van der Waals surface area contributed by atoms with E-state index in [0.29, 0.717) is 30.2 Å². The third kappa shape index (κ3) is 3.94. The van der Waals surface area contributed by atoms with E-state index in [1.54, 1.807) is 0 Å². The molecule has 4 rings (SSSR count). The van der Waals surface area contributed by atoms with Crippen LogP contribution in [0.1, 0.15) is 31.4 Å². The van der Waals surface area contributed by atoms with Gasteiger partial charge in [0.15, 0.2) is 0 Å². The number of nitrogens with zero attached hydrogens (tertiary/aromatic N) is 4. The van der Waals surface area contributed by atoms with E-state index in [1.165, 1.54) is 0 Å². The molecule has 1 aliphatic rings. The molecule has 7 heteroatoms. The first-order valence-corrected chi connectivity index (χ1v) is 9.43. The summed E-state index contributed by atoms with van der Waals surface area (Å²) in [5, 5.41) is 12.7. The van der Waals surface area contributed by atoms with Gasteiger partial charge in [-0.2, -0.15) is 0 Å². The van der Waals surface area contributed by atoms with Crippen molar-refractivity contribution in [2.45, 2.75) is 39.3 Å². The van der Waals surface area contributed by atoms with Gasteiger partial charge in [0.05, 0.1) is 12.6 Å². The molecule has 1 aliphatic heterocycles. The van der Waals surface area contributed by atoms with Gasteiger partial charge in [0.2, 0.25) is 5.89 Å². The molecule has 1 fully saturated rings. The van der Waals surface area contributed by atoms with Crippen LogP contribution in [0.2, 0.25) is 0 Å². The molecule has 0 bridgehead atoms. The molecule has 0 spiro atoms. The molecule has 1 aromatic carbocycles. The zero-order valence-electron chi connectivity index (χ0n) is 15.7. The molecule has 0 aliphatic carbocycles. The maximum absolute atomic E-state index is 5.95. The second kappa shape index (κ2) is 8.02. The van der Waals surface area contributed by atoms with Gasteiger partial charge in [-0.15, -0.1) is 10.2 Å². The Kier molecular flexibility index (Phi) is 5.31. The molecule has 0 unspecified atom stereocenters. The van der Waals surface area contributed by atoms with Gasteiger partial charge in [0.1, 0.15) is 17.0 Å². The van der Waals surface area contributed by atoms with Crippen LogP contribution in [-0.2, 0) is 11.3 Å². The van der Waals surface area contributed by atoms with Gasteiger partial charge >= 0.3 is 0 Å². The van der Waals surface area contributed by atoms with Gasteiger partial charge in [-0.1, -0.05) is 35.5 Å². The highest BCUT2D eigenvalue weighted by atomic mass is 16.5. The van der Waals surface area contributed by atoms with Crippen molar-refractivity contribution in [1.82, 2.24) is 20.3 Å². The van der Waals surface area contributed by atoms with Crippen molar-refractivity contribution >= 4 is 0 Å². The molecular weight excluding hydrogens is 344 g/mol. The van der Waals surface area contributed by atoms with Crippen LogP contribution in [0.4, 0.5) is 0 Å². The summed E-state index contributed by atoms with van der Waals surface area (Å²) in [4.78, 5) is 2.32. The van der Waals surface area contributed by atoms with Crippen LogP contribution < -0.4 is 0 Å². The number of aromatic nitrogens is 3. The van der Waals surface area contributed by atoms with Crippen LogP contribution in [0.15, 0.2) is 39.3 Å². The van der Waals surface area contributed by atoms with E-state index >= 15 is 0 Å². The van der Waals surface area contributed by atoms with Crippen molar-refractivity contribution in [2.24, 2.45) is 0 Å². The van der Waals surface area contributed by atoms with Crippen LogP contribution >= 0.6 is 0 Å². The molecule has 2 aromatic heterocycles.